The van der Waals surface area contributed by atoms with Gasteiger partial charge in [-0.15, -0.1) is 0 Å². The molecular weight excluding hydrogens is 438 g/mol. The summed E-state index contributed by atoms with van der Waals surface area (Å²) in [6, 6.07) is 6.88. The van der Waals surface area contributed by atoms with Gasteiger partial charge in [-0.2, -0.15) is 0 Å². The van der Waals surface area contributed by atoms with Crippen LogP contribution in [0.2, 0.25) is 0 Å². The van der Waals surface area contributed by atoms with E-state index in [1.54, 1.807) is 13.0 Å². The van der Waals surface area contributed by atoms with Crippen molar-refractivity contribution in [1.29, 1.82) is 0 Å². The second-order valence-electron chi connectivity index (χ2n) is 8.34. The van der Waals surface area contributed by atoms with Crippen molar-refractivity contribution in [3.8, 4) is 17.3 Å². The molecule has 1 aliphatic rings. The molecule has 0 fully saturated rings. The molecule has 0 bridgehead atoms. The molecule has 2 amide bonds. The summed E-state index contributed by atoms with van der Waals surface area (Å²) >= 11 is 0. The number of fused-ring (bicyclic) bond motifs is 2. The first-order chi connectivity index (χ1) is 16.4. The summed E-state index contributed by atoms with van der Waals surface area (Å²) in [6.07, 6.45) is 2.02. The van der Waals surface area contributed by atoms with Gasteiger partial charge in [0.15, 0.2) is 11.6 Å². The first-order valence-corrected chi connectivity index (χ1v) is 11.0. The highest BCUT2D eigenvalue weighted by molar-refractivity contribution is 5.99. The monoisotopic (exact) mass is 461 g/mol. The number of imidazole rings is 1. The van der Waals surface area contributed by atoms with E-state index in [4.69, 9.17) is 9.26 Å². The van der Waals surface area contributed by atoms with E-state index in [-0.39, 0.29) is 30.0 Å². The third kappa shape index (κ3) is 4.19. The number of nitrogens with one attached hydrogen (secondary N) is 3. The van der Waals surface area contributed by atoms with Gasteiger partial charge in [0, 0.05) is 24.1 Å². The number of aromatic amines is 1. The predicted molar refractivity (Wildman–Crippen MR) is 122 cm³/mol. The number of carbonyl (C=O) groups is 2. The van der Waals surface area contributed by atoms with Gasteiger partial charge in [-0.3, -0.25) is 9.59 Å². The minimum absolute atomic E-state index is 0.0706. The van der Waals surface area contributed by atoms with Crippen LogP contribution < -0.4 is 15.4 Å². The average Bonchev–Trinajstić information content (AvgIpc) is 3.45. The normalized spacial score (nSPS) is 14.1. The van der Waals surface area contributed by atoms with Crippen molar-refractivity contribution in [2.24, 2.45) is 0 Å². The largest absolute Gasteiger partial charge is 0.491 e. The number of nitrogens with zero attached hydrogens (tertiary/aromatic N) is 4. The molecule has 1 aliphatic heterocycles. The molecule has 4 aromatic rings. The first kappa shape index (κ1) is 21.6. The van der Waals surface area contributed by atoms with Crippen molar-refractivity contribution in [2.45, 2.75) is 45.8 Å². The number of hydrogen-bond donors (Lipinski definition) is 3. The Morgan fingerprint density at radius 3 is 2.85 bits per heavy atom. The second-order valence-corrected chi connectivity index (χ2v) is 8.34. The molecule has 11 heteroatoms. The minimum atomic E-state index is -0.479. The Hall–Kier alpha value is -4.28. The van der Waals surface area contributed by atoms with Gasteiger partial charge in [0.1, 0.15) is 29.3 Å². The number of anilines is 1. The van der Waals surface area contributed by atoms with Crippen LogP contribution in [0, 0.1) is 0 Å². The number of ether oxygens (including phenoxy) is 1. The van der Waals surface area contributed by atoms with Crippen LogP contribution in [-0.4, -0.2) is 43.0 Å². The number of H-pyrrole nitrogens is 1. The molecule has 1 aromatic carbocycles. The minimum Gasteiger partial charge on any atom is -0.491 e. The van der Waals surface area contributed by atoms with Crippen LogP contribution in [-0.2, 0) is 11.2 Å². The van der Waals surface area contributed by atoms with Crippen molar-refractivity contribution in [3.63, 3.8) is 0 Å². The lowest BCUT2D eigenvalue weighted by molar-refractivity contribution is -0.116. The number of carbonyl (C=O) groups excluding carboxylic acids is 2. The molecule has 11 nitrogen and oxygen atoms in total. The lowest BCUT2D eigenvalue weighted by Crippen LogP contribution is -2.30. The highest BCUT2D eigenvalue weighted by Gasteiger charge is 2.25. The molecule has 0 unspecified atom stereocenters. The smallest absolute Gasteiger partial charge is 0.270 e. The van der Waals surface area contributed by atoms with Crippen molar-refractivity contribution in [3.05, 3.63) is 47.6 Å². The fraction of sp³-hybridized carbons (Fsp3) is 0.304. The lowest BCUT2D eigenvalue weighted by Gasteiger charge is -2.18. The zero-order chi connectivity index (χ0) is 23.8. The third-order valence-electron chi connectivity index (χ3n) is 5.39. The van der Waals surface area contributed by atoms with Crippen LogP contribution in [0.1, 0.15) is 55.0 Å². The van der Waals surface area contributed by atoms with E-state index in [2.05, 4.69) is 35.7 Å². The molecule has 174 valence electrons. The van der Waals surface area contributed by atoms with Gasteiger partial charge >= 0.3 is 0 Å². The summed E-state index contributed by atoms with van der Waals surface area (Å²) in [7, 11) is 0. The van der Waals surface area contributed by atoms with E-state index < -0.39 is 6.04 Å². The summed E-state index contributed by atoms with van der Waals surface area (Å²) in [5, 5.41) is 9.64. The molecule has 0 saturated heterocycles. The lowest BCUT2D eigenvalue weighted by atomic mass is 10.0. The van der Waals surface area contributed by atoms with E-state index in [1.165, 1.54) is 6.33 Å². The van der Waals surface area contributed by atoms with Crippen molar-refractivity contribution in [1.82, 2.24) is 30.4 Å². The Morgan fingerprint density at radius 1 is 1.18 bits per heavy atom. The summed E-state index contributed by atoms with van der Waals surface area (Å²) < 4.78 is 11.2. The van der Waals surface area contributed by atoms with Crippen molar-refractivity contribution in [2.75, 3.05) is 5.32 Å². The number of rotatable bonds is 6. The van der Waals surface area contributed by atoms with Gasteiger partial charge in [0.25, 0.3) is 5.91 Å². The van der Waals surface area contributed by atoms with Gasteiger partial charge in [0.05, 0.1) is 23.2 Å². The molecule has 0 saturated carbocycles. The molecule has 5 rings (SSSR count). The molecule has 3 aromatic heterocycles. The van der Waals surface area contributed by atoms with E-state index in [9.17, 15) is 9.59 Å². The number of aromatic nitrogens is 5. The summed E-state index contributed by atoms with van der Waals surface area (Å²) in [4.78, 5) is 40.4. The fourth-order valence-corrected chi connectivity index (χ4v) is 3.78. The van der Waals surface area contributed by atoms with Crippen LogP contribution in [0.3, 0.4) is 0 Å². The topological polar surface area (TPSA) is 148 Å². The molecular formula is C23H23N7O4. The predicted octanol–water partition coefficient (Wildman–Crippen LogP) is 3.17. The summed E-state index contributed by atoms with van der Waals surface area (Å²) in [5.41, 5.74) is 2.96. The molecule has 0 spiro atoms. The van der Waals surface area contributed by atoms with Gasteiger partial charge in [-0.1, -0.05) is 5.16 Å². The molecule has 0 aliphatic carbocycles. The standard InChI is InChI=1S/C23H23N7O4/c1-11(2)33-13-4-6-15-16(8-13)28-22(27-15)17-9-18(34-30-17)12(3)26-23(32)20-14-5-7-19(31)29-21(14)25-10-24-20/h4,6,8-12H,5,7H2,1-3H3,(H,26,32)(H,27,28)(H,24,25,29,31)/t12-/m1/s1. The van der Waals surface area contributed by atoms with E-state index in [1.807, 2.05) is 32.0 Å². The van der Waals surface area contributed by atoms with Gasteiger partial charge in [0.2, 0.25) is 5.91 Å². The number of amides is 2. The molecule has 34 heavy (non-hydrogen) atoms. The average molecular weight is 461 g/mol. The zero-order valence-electron chi connectivity index (χ0n) is 18.9. The van der Waals surface area contributed by atoms with Gasteiger partial charge in [-0.05, 0) is 39.3 Å². The highest BCUT2D eigenvalue weighted by atomic mass is 16.5. The Morgan fingerprint density at radius 2 is 2.03 bits per heavy atom. The van der Waals surface area contributed by atoms with E-state index >= 15 is 0 Å². The molecule has 3 N–H and O–H groups in total. The van der Waals surface area contributed by atoms with Crippen molar-refractivity contribution < 1.29 is 18.8 Å². The van der Waals surface area contributed by atoms with Crippen LogP contribution in [0.5, 0.6) is 5.75 Å². The molecule has 4 heterocycles. The quantitative estimate of drug-likeness (QED) is 0.396. The van der Waals surface area contributed by atoms with Crippen LogP contribution in [0.4, 0.5) is 5.82 Å². The van der Waals surface area contributed by atoms with E-state index in [0.29, 0.717) is 35.1 Å². The fourth-order valence-electron chi connectivity index (χ4n) is 3.78. The van der Waals surface area contributed by atoms with Crippen LogP contribution in [0.15, 0.2) is 35.1 Å². The number of hydrogen-bond acceptors (Lipinski definition) is 8. The second kappa shape index (κ2) is 8.58. The zero-order valence-corrected chi connectivity index (χ0v) is 18.9. The maximum Gasteiger partial charge on any atom is 0.270 e. The SMILES string of the molecule is CC(C)Oc1ccc2nc(-c3cc([C@@H](C)NC(=O)c4ncnc5c4CCC(=O)N5)on3)[nH]c2c1. The van der Waals surface area contributed by atoms with E-state index in [0.717, 1.165) is 16.8 Å². The Balaban J connectivity index is 1.32. The maximum atomic E-state index is 12.9. The summed E-state index contributed by atoms with van der Waals surface area (Å²) in [6.45, 7) is 5.72. The van der Waals surface area contributed by atoms with Crippen LogP contribution >= 0.6 is 0 Å². The maximum absolute atomic E-state index is 12.9. The van der Waals surface area contributed by atoms with Crippen molar-refractivity contribution >= 4 is 28.7 Å². The Labute approximate surface area is 194 Å². The summed E-state index contributed by atoms with van der Waals surface area (Å²) in [5.74, 6) is 1.62. The highest BCUT2D eigenvalue weighted by Crippen LogP contribution is 2.26. The Bertz CT molecular complexity index is 1390. The number of benzene rings is 1. The molecule has 1 atom stereocenters. The van der Waals surface area contributed by atoms with Crippen LogP contribution in [0.25, 0.3) is 22.6 Å². The Kier molecular flexibility index (Phi) is 5.44. The molecule has 0 radical (unpaired) electrons. The van der Waals surface area contributed by atoms with Gasteiger partial charge in [-0.25, -0.2) is 15.0 Å². The third-order valence-corrected chi connectivity index (χ3v) is 5.39. The van der Waals surface area contributed by atoms with Gasteiger partial charge < -0.3 is 24.9 Å². The first-order valence-electron chi connectivity index (χ1n) is 11.0.